The summed E-state index contributed by atoms with van der Waals surface area (Å²) in [4.78, 5) is 12.0. The smallest absolute Gasteiger partial charge is 0.228 e. The summed E-state index contributed by atoms with van der Waals surface area (Å²) in [6.07, 6.45) is 4.94. The maximum Gasteiger partial charge on any atom is 0.228 e. The first-order valence-corrected chi connectivity index (χ1v) is 9.44. The number of nitrogens with one attached hydrogen (secondary N) is 1. The summed E-state index contributed by atoms with van der Waals surface area (Å²) in [6.45, 7) is 2.02. The Labute approximate surface area is 134 Å². The third-order valence-corrected chi connectivity index (χ3v) is 5.07. The molecule has 0 spiro atoms. The Morgan fingerprint density at radius 3 is 2.55 bits per heavy atom. The molecule has 2 rings (SSSR count). The molecule has 1 aromatic carbocycles. The predicted molar refractivity (Wildman–Crippen MR) is 90.9 cm³/mol. The van der Waals surface area contributed by atoms with E-state index >= 15 is 0 Å². The Balaban J connectivity index is 1.97. The lowest BCUT2D eigenvalue weighted by Crippen LogP contribution is -2.11. The van der Waals surface area contributed by atoms with Crippen molar-refractivity contribution in [3.8, 4) is 0 Å². The van der Waals surface area contributed by atoms with Gasteiger partial charge in [-0.05, 0) is 23.9 Å². The quantitative estimate of drug-likeness (QED) is 0.909. The minimum atomic E-state index is -3.33. The molecule has 1 aromatic heterocycles. The predicted octanol–water partition coefficient (Wildman–Crippen LogP) is 3.50. The van der Waals surface area contributed by atoms with E-state index in [0.29, 0.717) is 5.00 Å². The first-order chi connectivity index (χ1) is 10.4. The molecule has 0 saturated carbocycles. The number of amides is 1. The van der Waals surface area contributed by atoms with Crippen LogP contribution in [0.2, 0.25) is 0 Å². The number of rotatable bonds is 5. The van der Waals surface area contributed by atoms with Crippen LogP contribution in [0, 0.1) is 6.92 Å². The molecule has 0 unspecified atom stereocenters. The van der Waals surface area contributed by atoms with Crippen LogP contribution in [0.25, 0.3) is 6.08 Å². The van der Waals surface area contributed by atoms with Crippen molar-refractivity contribution in [2.75, 3.05) is 11.6 Å². The van der Waals surface area contributed by atoms with Gasteiger partial charge in [0.15, 0.2) is 9.84 Å². The highest BCUT2D eigenvalue weighted by molar-refractivity contribution is 7.91. The molecular formula is C16H17NO3S2. The minimum Gasteiger partial charge on any atom is -0.316 e. The third-order valence-electron chi connectivity index (χ3n) is 2.97. The number of hydrogen-bond acceptors (Lipinski definition) is 4. The van der Waals surface area contributed by atoms with Gasteiger partial charge in [-0.3, -0.25) is 4.79 Å². The van der Waals surface area contributed by atoms with Gasteiger partial charge in [-0.2, -0.15) is 0 Å². The molecule has 6 heteroatoms. The molecule has 0 aliphatic rings. The van der Waals surface area contributed by atoms with Gasteiger partial charge >= 0.3 is 0 Å². The number of anilines is 1. The van der Waals surface area contributed by atoms with Crippen molar-refractivity contribution in [3.05, 3.63) is 52.9 Å². The van der Waals surface area contributed by atoms with E-state index in [4.69, 9.17) is 0 Å². The second-order valence-electron chi connectivity index (χ2n) is 4.95. The fourth-order valence-electron chi connectivity index (χ4n) is 1.84. The normalized spacial score (nSPS) is 11.7. The van der Waals surface area contributed by atoms with Gasteiger partial charge in [0, 0.05) is 12.7 Å². The van der Waals surface area contributed by atoms with Crippen LogP contribution in [0.5, 0.6) is 0 Å². The van der Waals surface area contributed by atoms with Crippen LogP contribution in [0.4, 0.5) is 5.00 Å². The molecule has 1 heterocycles. The van der Waals surface area contributed by atoms with Crippen molar-refractivity contribution < 1.29 is 13.2 Å². The highest BCUT2D eigenvalue weighted by Crippen LogP contribution is 2.27. The van der Waals surface area contributed by atoms with Crippen LogP contribution in [0.15, 0.2) is 46.7 Å². The average molecular weight is 335 g/mol. The second-order valence-corrected chi connectivity index (χ2v) is 7.85. The Morgan fingerprint density at radius 1 is 1.23 bits per heavy atom. The van der Waals surface area contributed by atoms with Gasteiger partial charge in [-0.1, -0.05) is 42.0 Å². The van der Waals surface area contributed by atoms with Gasteiger partial charge in [0.1, 0.15) is 9.90 Å². The van der Waals surface area contributed by atoms with Crippen molar-refractivity contribution in [2.24, 2.45) is 0 Å². The standard InChI is InChI=1S/C16H17NO3S2/c1-12-6-8-13(9-7-12)4-3-5-15(18)17-16-14(10-11-21-16)22(2,19)20/h3-4,6-11H,5H2,1-2H3,(H,17,18)/b4-3+. The van der Waals surface area contributed by atoms with Crippen LogP contribution in [-0.2, 0) is 14.6 Å². The van der Waals surface area contributed by atoms with Crippen LogP contribution < -0.4 is 5.32 Å². The van der Waals surface area contributed by atoms with Gasteiger partial charge < -0.3 is 5.32 Å². The maximum atomic E-state index is 11.9. The molecule has 0 fully saturated rings. The Morgan fingerprint density at radius 2 is 1.91 bits per heavy atom. The van der Waals surface area contributed by atoms with E-state index < -0.39 is 9.84 Å². The molecule has 0 aliphatic carbocycles. The molecule has 0 atom stereocenters. The first kappa shape index (κ1) is 16.5. The number of thiophene rings is 1. The lowest BCUT2D eigenvalue weighted by molar-refractivity contribution is -0.115. The fraction of sp³-hybridized carbons (Fsp3) is 0.188. The van der Waals surface area contributed by atoms with E-state index in [1.165, 1.54) is 23.0 Å². The van der Waals surface area contributed by atoms with Gasteiger partial charge in [0.25, 0.3) is 0 Å². The zero-order chi connectivity index (χ0) is 16.2. The summed E-state index contributed by atoms with van der Waals surface area (Å²) >= 11 is 1.20. The summed E-state index contributed by atoms with van der Waals surface area (Å²) in [5, 5.41) is 4.66. The minimum absolute atomic E-state index is 0.161. The Bertz CT molecular complexity index is 787. The highest BCUT2D eigenvalue weighted by atomic mass is 32.2. The summed E-state index contributed by atoms with van der Waals surface area (Å²) in [7, 11) is -3.33. The number of carbonyl (C=O) groups excluding carboxylic acids is 1. The van der Waals surface area contributed by atoms with E-state index in [1.807, 2.05) is 37.3 Å². The Hall–Kier alpha value is -1.92. The molecule has 22 heavy (non-hydrogen) atoms. The van der Waals surface area contributed by atoms with E-state index in [1.54, 1.807) is 11.5 Å². The molecule has 0 bridgehead atoms. The van der Waals surface area contributed by atoms with Gasteiger partial charge in [-0.15, -0.1) is 11.3 Å². The molecule has 0 saturated heterocycles. The van der Waals surface area contributed by atoms with Crippen molar-refractivity contribution in [2.45, 2.75) is 18.2 Å². The number of benzene rings is 1. The molecular weight excluding hydrogens is 318 g/mol. The lowest BCUT2D eigenvalue weighted by atomic mass is 10.1. The molecule has 4 nitrogen and oxygen atoms in total. The monoisotopic (exact) mass is 335 g/mol. The largest absolute Gasteiger partial charge is 0.316 e. The summed E-state index contributed by atoms with van der Waals surface area (Å²) in [5.74, 6) is -0.240. The van der Waals surface area contributed by atoms with Crippen molar-refractivity contribution in [1.82, 2.24) is 0 Å². The summed E-state index contributed by atoms with van der Waals surface area (Å²) < 4.78 is 23.1. The van der Waals surface area contributed by atoms with Crippen molar-refractivity contribution >= 4 is 38.2 Å². The zero-order valence-electron chi connectivity index (χ0n) is 12.4. The number of carbonyl (C=O) groups is 1. The van der Waals surface area contributed by atoms with E-state index in [-0.39, 0.29) is 17.2 Å². The van der Waals surface area contributed by atoms with Crippen LogP contribution in [0.1, 0.15) is 17.5 Å². The molecule has 1 N–H and O–H groups in total. The first-order valence-electron chi connectivity index (χ1n) is 6.67. The molecule has 0 radical (unpaired) electrons. The maximum absolute atomic E-state index is 11.9. The van der Waals surface area contributed by atoms with Gasteiger partial charge in [0.2, 0.25) is 5.91 Å². The Kier molecular flexibility index (Phi) is 5.15. The van der Waals surface area contributed by atoms with Crippen LogP contribution in [0.3, 0.4) is 0 Å². The number of aryl methyl sites for hydroxylation is 1. The molecule has 116 valence electrons. The fourth-order valence-corrected chi connectivity index (χ4v) is 3.92. The zero-order valence-corrected chi connectivity index (χ0v) is 14.0. The highest BCUT2D eigenvalue weighted by Gasteiger charge is 2.15. The third kappa shape index (κ3) is 4.54. The van der Waals surface area contributed by atoms with Gasteiger partial charge in [0.05, 0.1) is 0 Å². The molecule has 0 aliphatic heterocycles. The van der Waals surface area contributed by atoms with Crippen LogP contribution >= 0.6 is 11.3 Å². The van der Waals surface area contributed by atoms with E-state index in [9.17, 15) is 13.2 Å². The van der Waals surface area contributed by atoms with Gasteiger partial charge in [-0.25, -0.2) is 8.42 Å². The number of sulfone groups is 1. The summed E-state index contributed by atoms with van der Waals surface area (Å²) in [6, 6.07) is 9.46. The lowest BCUT2D eigenvalue weighted by Gasteiger charge is -2.03. The van der Waals surface area contributed by atoms with Crippen LogP contribution in [-0.4, -0.2) is 20.6 Å². The number of hydrogen-bond donors (Lipinski definition) is 1. The van der Waals surface area contributed by atoms with Crippen molar-refractivity contribution in [1.29, 1.82) is 0 Å². The molecule has 2 aromatic rings. The van der Waals surface area contributed by atoms with E-state index in [2.05, 4.69) is 5.32 Å². The van der Waals surface area contributed by atoms with Crippen molar-refractivity contribution in [3.63, 3.8) is 0 Å². The molecule has 1 amide bonds. The summed E-state index contributed by atoms with van der Waals surface area (Å²) in [5.41, 5.74) is 2.20. The average Bonchev–Trinajstić information content (AvgIpc) is 2.89. The second kappa shape index (κ2) is 6.89. The van der Waals surface area contributed by atoms with E-state index in [0.717, 1.165) is 11.8 Å². The SMILES string of the molecule is Cc1ccc(/C=C/CC(=O)Nc2sccc2S(C)(=O)=O)cc1. The topological polar surface area (TPSA) is 63.2 Å².